The van der Waals surface area contributed by atoms with Crippen LogP contribution < -0.4 is 5.32 Å². The van der Waals surface area contributed by atoms with Crippen LogP contribution in [0.15, 0.2) is 30.5 Å². The van der Waals surface area contributed by atoms with Crippen LogP contribution in [0.2, 0.25) is 5.28 Å². The maximum absolute atomic E-state index is 11.0. The van der Waals surface area contributed by atoms with E-state index in [1.807, 2.05) is 24.3 Å². The van der Waals surface area contributed by atoms with Crippen molar-refractivity contribution in [2.45, 2.75) is 0 Å². The van der Waals surface area contributed by atoms with Crippen LogP contribution in [0.5, 0.6) is 0 Å². The van der Waals surface area contributed by atoms with Gasteiger partial charge in [0.05, 0.1) is 5.69 Å². The fourth-order valence-electron chi connectivity index (χ4n) is 1.30. The lowest BCUT2D eigenvalue weighted by molar-refractivity contribution is 0.0697. The number of benzene rings is 1. The van der Waals surface area contributed by atoms with E-state index in [9.17, 15) is 4.79 Å². The molecule has 0 aliphatic rings. The van der Waals surface area contributed by atoms with Gasteiger partial charge in [0.25, 0.3) is 0 Å². The Morgan fingerprint density at radius 1 is 1.39 bits per heavy atom. The third-order valence-corrected chi connectivity index (χ3v) is 3.24. The van der Waals surface area contributed by atoms with Crippen molar-refractivity contribution in [3.8, 4) is 0 Å². The summed E-state index contributed by atoms with van der Waals surface area (Å²) in [6.07, 6.45) is 1.18. The second-order valence-electron chi connectivity index (χ2n) is 3.31. The number of carboxylic acid groups (broad SMARTS) is 1. The summed E-state index contributed by atoms with van der Waals surface area (Å²) in [5.74, 6) is -0.938. The fourth-order valence-corrected chi connectivity index (χ4v) is 1.96. The number of nitrogens with zero attached hydrogens (tertiary/aromatic N) is 2. The highest BCUT2D eigenvalue weighted by molar-refractivity contribution is 14.1. The highest BCUT2D eigenvalue weighted by Crippen LogP contribution is 2.23. The number of aromatic carboxylic acids is 1. The molecule has 1 heterocycles. The average Bonchev–Trinajstić information content (AvgIpc) is 2.32. The van der Waals surface area contributed by atoms with Gasteiger partial charge in [-0.2, -0.15) is 4.98 Å². The second kappa shape index (κ2) is 5.49. The maximum Gasteiger partial charge on any atom is 0.341 e. The van der Waals surface area contributed by atoms with E-state index in [0.29, 0.717) is 0 Å². The topological polar surface area (TPSA) is 75.1 Å². The van der Waals surface area contributed by atoms with E-state index < -0.39 is 5.97 Å². The van der Waals surface area contributed by atoms with Gasteiger partial charge in [0.15, 0.2) is 0 Å². The highest BCUT2D eigenvalue weighted by Gasteiger charge is 2.14. The Morgan fingerprint density at radius 3 is 2.78 bits per heavy atom. The van der Waals surface area contributed by atoms with Gasteiger partial charge in [-0.25, -0.2) is 9.78 Å². The van der Waals surface area contributed by atoms with Gasteiger partial charge >= 0.3 is 5.97 Å². The first-order chi connectivity index (χ1) is 8.58. The first-order valence-electron chi connectivity index (χ1n) is 4.85. The summed E-state index contributed by atoms with van der Waals surface area (Å²) in [7, 11) is 0. The largest absolute Gasteiger partial charge is 0.477 e. The van der Waals surface area contributed by atoms with Crippen LogP contribution in [0.25, 0.3) is 0 Å². The Morgan fingerprint density at radius 2 is 2.11 bits per heavy atom. The molecule has 0 radical (unpaired) electrons. The van der Waals surface area contributed by atoms with E-state index in [1.54, 1.807) is 0 Å². The van der Waals surface area contributed by atoms with Gasteiger partial charge in [-0.05, 0) is 46.3 Å². The molecule has 0 amide bonds. The summed E-state index contributed by atoms with van der Waals surface area (Å²) < 4.78 is 0.946. The summed E-state index contributed by atoms with van der Waals surface area (Å²) in [5, 5.41) is 12.0. The van der Waals surface area contributed by atoms with E-state index in [0.717, 1.165) is 9.26 Å². The molecule has 2 rings (SSSR count). The molecule has 0 saturated heterocycles. The minimum Gasteiger partial charge on any atom is -0.477 e. The number of hydrogen-bond donors (Lipinski definition) is 2. The fraction of sp³-hybridized carbons (Fsp3) is 0. The van der Waals surface area contributed by atoms with E-state index in [4.69, 9.17) is 16.7 Å². The number of nitrogens with one attached hydrogen (secondary N) is 1. The molecule has 1 aromatic carbocycles. The molecule has 0 aliphatic carbocycles. The monoisotopic (exact) mass is 375 g/mol. The molecule has 0 atom stereocenters. The SMILES string of the molecule is O=C(O)c1cnc(Cl)nc1Nc1ccccc1I. The number of anilines is 2. The summed E-state index contributed by atoms with van der Waals surface area (Å²) in [4.78, 5) is 18.6. The molecular weight excluding hydrogens is 368 g/mol. The molecule has 0 spiro atoms. The van der Waals surface area contributed by atoms with E-state index in [2.05, 4.69) is 37.9 Å². The Labute approximate surface area is 121 Å². The van der Waals surface area contributed by atoms with Crippen molar-refractivity contribution in [3.05, 3.63) is 44.9 Å². The molecule has 0 fully saturated rings. The van der Waals surface area contributed by atoms with E-state index in [-0.39, 0.29) is 16.7 Å². The van der Waals surface area contributed by atoms with Crippen LogP contribution >= 0.6 is 34.2 Å². The lowest BCUT2D eigenvalue weighted by Gasteiger charge is -2.09. The Bertz CT molecular complexity index is 607. The predicted octanol–water partition coefficient (Wildman–Crippen LogP) is 3.18. The van der Waals surface area contributed by atoms with Gasteiger partial charge in [0, 0.05) is 9.77 Å². The molecule has 5 nitrogen and oxygen atoms in total. The van der Waals surface area contributed by atoms with E-state index >= 15 is 0 Å². The van der Waals surface area contributed by atoms with Gasteiger partial charge < -0.3 is 10.4 Å². The van der Waals surface area contributed by atoms with Crippen LogP contribution in [-0.4, -0.2) is 21.0 Å². The van der Waals surface area contributed by atoms with Crippen molar-refractivity contribution in [2.24, 2.45) is 0 Å². The zero-order valence-corrected chi connectivity index (χ0v) is 11.8. The summed E-state index contributed by atoms with van der Waals surface area (Å²) in [6, 6.07) is 7.45. The molecule has 0 aliphatic heterocycles. The molecule has 7 heteroatoms. The van der Waals surface area contributed by atoms with Crippen molar-refractivity contribution in [2.75, 3.05) is 5.32 Å². The molecule has 92 valence electrons. The number of rotatable bonds is 3. The molecular formula is C11H7ClIN3O2. The maximum atomic E-state index is 11.0. The summed E-state index contributed by atoms with van der Waals surface area (Å²) in [6.45, 7) is 0. The van der Waals surface area contributed by atoms with Gasteiger partial charge in [0.1, 0.15) is 11.4 Å². The Kier molecular flexibility index (Phi) is 3.97. The molecule has 0 unspecified atom stereocenters. The van der Waals surface area contributed by atoms with Crippen molar-refractivity contribution in [3.63, 3.8) is 0 Å². The lowest BCUT2D eigenvalue weighted by Crippen LogP contribution is -2.06. The van der Waals surface area contributed by atoms with Crippen molar-refractivity contribution >= 4 is 51.7 Å². The summed E-state index contributed by atoms with van der Waals surface area (Å²) >= 11 is 7.81. The predicted molar refractivity (Wildman–Crippen MR) is 76.4 cm³/mol. The highest BCUT2D eigenvalue weighted by atomic mass is 127. The van der Waals surface area contributed by atoms with Gasteiger partial charge in [0.2, 0.25) is 5.28 Å². The molecule has 1 aromatic heterocycles. The Balaban J connectivity index is 2.42. The third kappa shape index (κ3) is 2.88. The molecule has 18 heavy (non-hydrogen) atoms. The quantitative estimate of drug-likeness (QED) is 0.637. The molecule has 0 saturated carbocycles. The second-order valence-corrected chi connectivity index (χ2v) is 4.81. The zero-order valence-electron chi connectivity index (χ0n) is 8.89. The number of aromatic nitrogens is 2. The number of halogens is 2. The van der Waals surface area contributed by atoms with Crippen LogP contribution in [0.1, 0.15) is 10.4 Å². The van der Waals surface area contributed by atoms with Crippen LogP contribution in [0.4, 0.5) is 11.5 Å². The van der Waals surface area contributed by atoms with Gasteiger partial charge in [-0.1, -0.05) is 12.1 Å². The summed E-state index contributed by atoms with van der Waals surface area (Å²) in [5.41, 5.74) is 0.731. The normalized spacial score (nSPS) is 10.1. The third-order valence-electron chi connectivity index (χ3n) is 2.12. The number of hydrogen-bond acceptors (Lipinski definition) is 4. The van der Waals surface area contributed by atoms with Crippen LogP contribution in [0.3, 0.4) is 0 Å². The minimum absolute atomic E-state index is 0.00607. The average molecular weight is 376 g/mol. The molecule has 0 bridgehead atoms. The van der Waals surface area contributed by atoms with Crippen molar-refractivity contribution < 1.29 is 9.90 Å². The van der Waals surface area contributed by atoms with Crippen molar-refractivity contribution in [1.29, 1.82) is 0 Å². The zero-order chi connectivity index (χ0) is 13.1. The van der Waals surface area contributed by atoms with Crippen molar-refractivity contribution in [1.82, 2.24) is 9.97 Å². The van der Waals surface area contributed by atoms with Gasteiger partial charge in [-0.15, -0.1) is 0 Å². The smallest absolute Gasteiger partial charge is 0.341 e. The van der Waals surface area contributed by atoms with E-state index in [1.165, 1.54) is 6.20 Å². The molecule has 2 aromatic rings. The van der Waals surface area contributed by atoms with Crippen LogP contribution in [0, 0.1) is 3.57 Å². The minimum atomic E-state index is -1.11. The van der Waals surface area contributed by atoms with Crippen LogP contribution in [-0.2, 0) is 0 Å². The van der Waals surface area contributed by atoms with Gasteiger partial charge in [-0.3, -0.25) is 0 Å². The first kappa shape index (κ1) is 13.0. The number of carbonyl (C=O) groups is 1. The Hall–Kier alpha value is -1.41. The standard InChI is InChI=1S/C11H7ClIN3O2/c12-11-14-5-6(10(17)18)9(16-11)15-8-4-2-1-3-7(8)13/h1-5H,(H,17,18)(H,14,15,16). The lowest BCUT2D eigenvalue weighted by atomic mass is 10.3. The number of carboxylic acids is 1. The first-order valence-corrected chi connectivity index (χ1v) is 6.31. The number of para-hydroxylation sites is 1. The molecule has 2 N–H and O–H groups in total.